The Morgan fingerprint density at radius 1 is 0.932 bits per heavy atom. The molecule has 1 aromatic carbocycles. The lowest BCUT2D eigenvalue weighted by atomic mass is 9.41. The predicted octanol–water partition coefficient (Wildman–Crippen LogP) is 10.2. The van der Waals surface area contributed by atoms with Crippen LogP contribution < -0.4 is 4.74 Å². The van der Waals surface area contributed by atoms with Crippen LogP contribution in [0.3, 0.4) is 0 Å². The second-order valence-corrected chi connectivity index (χ2v) is 17.5. The van der Waals surface area contributed by atoms with Crippen LogP contribution in [-0.4, -0.2) is 24.3 Å². The molecule has 0 amide bonds. The van der Waals surface area contributed by atoms with E-state index in [0.717, 1.165) is 35.7 Å². The van der Waals surface area contributed by atoms with Crippen molar-refractivity contribution in [2.45, 2.75) is 132 Å². The summed E-state index contributed by atoms with van der Waals surface area (Å²) in [5.74, 6) is 4.24. The molecule has 5 aliphatic rings. The van der Waals surface area contributed by atoms with Crippen LogP contribution in [0, 0.1) is 56.7 Å². The third-order valence-corrected chi connectivity index (χ3v) is 15.1. The number of hydrogen-bond acceptors (Lipinski definition) is 4. The summed E-state index contributed by atoms with van der Waals surface area (Å²) in [6.07, 6.45) is 19.4. The number of hydrogen-bond donors (Lipinski definition) is 1. The highest BCUT2D eigenvalue weighted by Crippen LogP contribution is 2.89. The van der Waals surface area contributed by atoms with Crippen LogP contribution in [0.4, 0.5) is 0 Å². The van der Waals surface area contributed by atoms with Gasteiger partial charge in [-0.2, -0.15) is 0 Å². The van der Waals surface area contributed by atoms with Crippen molar-refractivity contribution < 1.29 is 19.4 Å². The van der Waals surface area contributed by atoms with Crippen molar-refractivity contribution in [2.75, 3.05) is 7.11 Å². The van der Waals surface area contributed by atoms with Gasteiger partial charge in [-0.15, -0.1) is 0 Å². The minimum Gasteiger partial charge on any atom is -0.504 e. The third kappa shape index (κ3) is 4.69. The summed E-state index contributed by atoms with van der Waals surface area (Å²) in [6, 6.07) is 5.09. The van der Waals surface area contributed by atoms with Gasteiger partial charge in [0.05, 0.1) is 7.11 Å². The molecule has 6 rings (SSSR count). The van der Waals surface area contributed by atoms with E-state index < -0.39 is 0 Å². The average Bonchev–Trinajstić information content (AvgIpc) is 3.55. The Morgan fingerprint density at radius 3 is 2.39 bits per heavy atom. The van der Waals surface area contributed by atoms with Gasteiger partial charge in [0.2, 0.25) is 0 Å². The Labute approximate surface area is 267 Å². The first-order valence-corrected chi connectivity index (χ1v) is 18.0. The zero-order valence-corrected chi connectivity index (χ0v) is 29.0. The molecule has 5 aliphatic carbocycles. The molecule has 0 bridgehead atoms. The largest absolute Gasteiger partial charge is 0.504 e. The van der Waals surface area contributed by atoms with Crippen molar-refractivity contribution in [3.05, 3.63) is 29.8 Å². The van der Waals surface area contributed by atoms with Crippen molar-refractivity contribution in [1.82, 2.24) is 0 Å². The molecule has 0 unspecified atom stereocenters. The van der Waals surface area contributed by atoms with Crippen LogP contribution >= 0.6 is 0 Å². The molecule has 5 fully saturated rings. The first-order chi connectivity index (χ1) is 20.7. The van der Waals surface area contributed by atoms with Gasteiger partial charge >= 0.3 is 5.97 Å². The number of benzene rings is 1. The van der Waals surface area contributed by atoms with E-state index in [4.69, 9.17) is 9.47 Å². The second kappa shape index (κ2) is 11.1. The van der Waals surface area contributed by atoms with Crippen LogP contribution in [0.1, 0.15) is 131 Å². The van der Waals surface area contributed by atoms with Crippen molar-refractivity contribution >= 4 is 12.0 Å². The number of carbonyl (C=O) groups excluding carboxylic acids is 1. The highest BCUT2D eigenvalue weighted by molar-refractivity contribution is 5.87. The average molecular weight is 605 g/mol. The van der Waals surface area contributed by atoms with Crippen molar-refractivity contribution in [3.63, 3.8) is 0 Å². The maximum atomic E-state index is 13.1. The van der Waals surface area contributed by atoms with Gasteiger partial charge in [0.15, 0.2) is 11.5 Å². The fourth-order valence-electron chi connectivity index (χ4n) is 12.7. The molecule has 244 valence electrons. The van der Waals surface area contributed by atoms with E-state index in [1.807, 2.05) is 0 Å². The van der Waals surface area contributed by atoms with Crippen molar-refractivity contribution in [3.8, 4) is 11.5 Å². The topological polar surface area (TPSA) is 55.8 Å². The van der Waals surface area contributed by atoms with Gasteiger partial charge in [0, 0.05) is 11.5 Å². The lowest BCUT2D eigenvalue weighted by molar-refractivity contribution is -0.179. The smallest absolute Gasteiger partial charge is 0.331 e. The Balaban J connectivity index is 1.14. The lowest BCUT2D eigenvalue weighted by Gasteiger charge is -2.63. The molecule has 0 aromatic heterocycles. The van der Waals surface area contributed by atoms with Crippen LogP contribution in [0.5, 0.6) is 11.5 Å². The maximum Gasteiger partial charge on any atom is 0.331 e. The number of ether oxygens (including phenoxy) is 2. The van der Waals surface area contributed by atoms with E-state index in [2.05, 4.69) is 48.5 Å². The molecular weight excluding hydrogens is 544 g/mol. The number of aromatic hydroxyl groups is 1. The van der Waals surface area contributed by atoms with Gasteiger partial charge in [0.25, 0.3) is 0 Å². The first-order valence-electron chi connectivity index (χ1n) is 18.0. The zero-order chi connectivity index (χ0) is 31.7. The van der Waals surface area contributed by atoms with E-state index in [9.17, 15) is 9.90 Å². The molecule has 0 radical (unpaired) electrons. The van der Waals surface area contributed by atoms with Gasteiger partial charge < -0.3 is 14.6 Å². The monoisotopic (exact) mass is 604 g/mol. The van der Waals surface area contributed by atoms with Crippen molar-refractivity contribution in [2.24, 2.45) is 56.7 Å². The molecule has 0 aliphatic heterocycles. The third-order valence-electron chi connectivity index (χ3n) is 15.1. The predicted molar refractivity (Wildman–Crippen MR) is 178 cm³/mol. The fourth-order valence-corrected chi connectivity index (χ4v) is 12.7. The highest BCUT2D eigenvalue weighted by Gasteiger charge is 2.82. The van der Waals surface area contributed by atoms with Gasteiger partial charge in [0.1, 0.15) is 6.10 Å². The minimum absolute atomic E-state index is 0.0250. The number of fused-ring (bicyclic) bond motifs is 2. The number of phenols is 1. The molecule has 2 spiro atoms. The fraction of sp³-hybridized carbons (Fsp3) is 0.775. The summed E-state index contributed by atoms with van der Waals surface area (Å²) >= 11 is 0. The van der Waals surface area contributed by atoms with E-state index in [0.29, 0.717) is 33.3 Å². The molecular formula is C40H60O4. The Bertz CT molecular complexity index is 1280. The molecule has 1 N–H and O–H groups in total. The number of methoxy groups -OCH3 is 1. The normalized spacial score (nSPS) is 40.9. The van der Waals surface area contributed by atoms with Gasteiger partial charge in [-0.3, -0.25) is 0 Å². The zero-order valence-electron chi connectivity index (χ0n) is 29.0. The number of carbonyl (C=O) groups is 1. The molecule has 5 saturated carbocycles. The molecule has 1 aromatic rings. The van der Waals surface area contributed by atoms with Gasteiger partial charge in [-0.25, -0.2) is 4.79 Å². The molecule has 0 saturated heterocycles. The maximum absolute atomic E-state index is 13.1. The van der Waals surface area contributed by atoms with Crippen molar-refractivity contribution in [1.29, 1.82) is 0 Å². The Kier molecular flexibility index (Phi) is 8.06. The summed E-state index contributed by atoms with van der Waals surface area (Å²) in [4.78, 5) is 13.1. The lowest BCUT2D eigenvalue weighted by Crippen LogP contribution is -2.58. The molecule has 0 heterocycles. The summed E-state index contributed by atoms with van der Waals surface area (Å²) in [6.45, 7) is 17.6. The number of phenolic OH excluding ortho intramolecular Hbond substituents is 1. The first kappa shape index (κ1) is 32.0. The second-order valence-electron chi connectivity index (χ2n) is 17.5. The van der Waals surface area contributed by atoms with Crippen LogP contribution in [-0.2, 0) is 9.53 Å². The Hall–Kier alpha value is -1.97. The van der Waals surface area contributed by atoms with E-state index >= 15 is 0 Å². The van der Waals surface area contributed by atoms with Gasteiger partial charge in [-0.1, -0.05) is 73.8 Å². The van der Waals surface area contributed by atoms with Crippen LogP contribution in [0.2, 0.25) is 0 Å². The summed E-state index contributed by atoms with van der Waals surface area (Å²) in [5.41, 5.74) is 2.69. The van der Waals surface area contributed by atoms with E-state index in [1.54, 1.807) is 24.3 Å². The number of esters is 1. The highest BCUT2D eigenvalue weighted by atomic mass is 16.5. The SMILES string of the molecule is COc1cc(C=CC(=O)O[C@H]2CC[C@]34C[C@]35CC[C@]3(C)[C@H]([C@H](C)CCCC(C)C)CC[C@]3(C)[C@@H]5CC[C@H]4C2(C)C)ccc1O. The molecule has 4 nitrogen and oxygen atoms in total. The molecule has 4 heteroatoms. The summed E-state index contributed by atoms with van der Waals surface area (Å²) < 4.78 is 11.5. The summed E-state index contributed by atoms with van der Waals surface area (Å²) in [7, 11) is 1.53. The number of rotatable bonds is 9. The van der Waals surface area contributed by atoms with Crippen LogP contribution in [0.25, 0.3) is 6.08 Å². The standard InChI is InChI=1S/C40H60O4/c1-26(2)10-9-11-27(3)29-18-20-38(7)33-16-15-32-36(4,5)34(19-21-39(32)25-40(33,39)23-22-37(29,38)6)44-35(42)17-13-28-12-14-30(41)31(24-28)43-8/h12-14,17,24,26-27,29,32-34,41H,9-11,15-16,18-23,25H2,1-8H3/t27-,29+,32+,33+,34+,37-,38-,39-,40+/m1/s1. The van der Waals surface area contributed by atoms with E-state index in [1.165, 1.54) is 83.8 Å². The molecule has 44 heavy (non-hydrogen) atoms. The van der Waals surface area contributed by atoms with Crippen LogP contribution in [0.15, 0.2) is 24.3 Å². The molecule has 9 atom stereocenters. The van der Waals surface area contributed by atoms with Gasteiger partial charge in [-0.05, 0) is 133 Å². The quantitative estimate of drug-likeness (QED) is 0.225. The van der Waals surface area contributed by atoms with E-state index in [-0.39, 0.29) is 23.2 Å². The minimum atomic E-state index is -0.272. The Morgan fingerprint density at radius 2 is 1.66 bits per heavy atom. The summed E-state index contributed by atoms with van der Waals surface area (Å²) in [5, 5.41) is 9.88.